The SMILES string of the molecule is N#Cc1c(F)cccc1N1CCN(C(=O)CSCc2nc3sc4c(c3c(=O)[nH]2)CCC4)CC1. The second-order valence-corrected chi connectivity index (χ2v) is 10.2. The molecule has 33 heavy (non-hydrogen) atoms. The molecule has 1 aliphatic heterocycles. The Morgan fingerprint density at radius 1 is 1.27 bits per heavy atom. The van der Waals surface area contributed by atoms with E-state index in [0.717, 1.165) is 35.0 Å². The van der Waals surface area contributed by atoms with Crippen LogP contribution in [0.2, 0.25) is 0 Å². The molecular weight excluding hydrogens is 461 g/mol. The zero-order valence-electron chi connectivity index (χ0n) is 17.9. The van der Waals surface area contributed by atoms with Gasteiger partial charge in [0.2, 0.25) is 5.91 Å². The van der Waals surface area contributed by atoms with Crippen LogP contribution in [0.15, 0.2) is 23.0 Å². The summed E-state index contributed by atoms with van der Waals surface area (Å²) in [4.78, 5) is 38.6. The Bertz CT molecular complexity index is 1320. The number of nitrogens with one attached hydrogen (secondary N) is 1. The molecule has 170 valence electrons. The molecule has 7 nitrogen and oxygen atoms in total. The number of rotatable bonds is 5. The molecule has 3 heterocycles. The number of carbonyl (C=O) groups is 1. The molecule has 1 aromatic carbocycles. The van der Waals surface area contributed by atoms with Gasteiger partial charge >= 0.3 is 0 Å². The van der Waals surface area contributed by atoms with E-state index in [2.05, 4.69) is 9.97 Å². The second-order valence-electron chi connectivity index (χ2n) is 8.16. The number of H-pyrrole nitrogens is 1. The molecule has 0 atom stereocenters. The predicted molar refractivity (Wildman–Crippen MR) is 128 cm³/mol. The van der Waals surface area contributed by atoms with E-state index >= 15 is 0 Å². The standard InChI is InChI=1S/C23H22FN5O2S2/c24-16-4-2-5-17(15(16)11-25)28-7-9-29(10-8-28)20(30)13-32-12-19-26-22(31)21-14-3-1-6-18(14)33-23(21)27-19/h2,4-5H,1,3,6-10,12-13H2,(H,26,27,31). The molecule has 1 N–H and O–H groups in total. The first-order valence-corrected chi connectivity index (χ1v) is 12.8. The number of hydrogen-bond acceptors (Lipinski definition) is 7. The number of amides is 1. The molecule has 1 amide bonds. The fourth-order valence-corrected chi connectivity index (χ4v) is 6.60. The van der Waals surface area contributed by atoms with Gasteiger partial charge in [0.15, 0.2) is 0 Å². The number of carbonyl (C=O) groups excluding carboxylic acids is 1. The van der Waals surface area contributed by atoms with Crippen molar-refractivity contribution in [2.75, 3.05) is 36.8 Å². The van der Waals surface area contributed by atoms with Gasteiger partial charge in [-0.1, -0.05) is 6.07 Å². The quantitative estimate of drug-likeness (QED) is 0.600. The van der Waals surface area contributed by atoms with Gasteiger partial charge < -0.3 is 14.8 Å². The molecule has 1 fully saturated rings. The number of nitriles is 1. The Labute approximate surface area is 198 Å². The van der Waals surface area contributed by atoms with Crippen molar-refractivity contribution in [2.45, 2.75) is 25.0 Å². The van der Waals surface area contributed by atoms with Crippen LogP contribution < -0.4 is 10.5 Å². The first-order valence-electron chi connectivity index (χ1n) is 10.9. The number of halogens is 1. The van der Waals surface area contributed by atoms with Gasteiger partial charge in [0.05, 0.1) is 22.6 Å². The van der Waals surface area contributed by atoms with Gasteiger partial charge in [0.1, 0.15) is 28.1 Å². The lowest BCUT2D eigenvalue weighted by molar-refractivity contribution is -0.128. The van der Waals surface area contributed by atoms with Crippen molar-refractivity contribution < 1.29 is 9.18 Å². The van der Waals surface area contributed by atoms with Gasteiger partial charge in [-0.15, -0.1) is 23.1 Å². The molecule has 2 aliphatic rings. The van der Waals surface area contributed by atoms with E-state index in [1.807, 2.05) is 11.0 Å². The zero-order chi connectivity index (χ0) is 22.9. The number of hydrogen-bond donors (Lipinski definition) is 1. The van der Waals surface area contributed by atoms with E-state index in [0.29, 0.717) is 49.2 Å². The van der Waals surface area contributed by atoms with Gasteiger partial charge in [-0.05, 0) is 37.0 Å². The lowest BCUT2D eigenvalue weighted by Crippen LogP contribution is -2.49. The zero-order valence-corrected chi connectivity index (χ0v) is 19.5. The number of anilines is 1. The minimum Gasteiger partial charge on any atom is -0.367 e. The number of piperazine rings is 1. The summed E-state index contributed by atoms with van der Waals surface area (Å²) in [5, 5.41) is 10.0. The first-order chi connectivity index (χ1) is 16.0. The highest BCUT2D eigenvalue weighted by molar-refractivity contribution is 7.99. The van der Waals surface area contributed by atoms with E-state index in [1.54, 1.807) is 28.4 Å². The summed E-state index contributed by atoms with van der Waals surface area (Å²) >= 11 is 3.05. The maximum atomic E-state index is 13.9. The second kappa shape index (κ2) is 9.15. The molecule has 0 saturated carbocycles. The Balaban J connectivity index is 1.16. The van der Waals surface area contributed by atoms with Crippen molar-refractivity contribution >= 4 is 44.9 Å². The number of thiophene rings is 1. The average Bonchev–Trinajstić information content (AvgIpc) is 3.40. The smallest absolute Gasteiger partial charge is 0.259 e. The highest BCUT2D eigenvalue weighted by Crippen LogP contribution is 2.34. The van der Waals surface area contributed by atoms with Gasteiger partial charge in [-0.25, -0.2) is 9.37 Å². The van der Waals surface area contributed by atoms with Crippen LogP contribution in [-0.2, 0) is 23.4 Å². The van der Waals surface area contributed by atoms with Crippen molar-refractivity contribution in [2.24, 2.45) is 0 Å². The molecule has 10 heteroatoms. The van der Waals surface area contributed by atoms with Crippen molar-refractivity contribution in [3.8, 4) is 6.07 Å². The maximum Gasteiger partial charge on any atom is 0.259 e. The van der Waals surface area contributed by atoms with E-state index in [9.17, 15) is 19.2 Å². The van der Waals surface area contributed by atoms with Crippen LogP contribution >= 0.6 is 23.1 Å². The molecule has 0 radical (unpaired) electrons. The summed E-state index contributed by atoms with van der Waals surface area (Å²) in [7, 11) is 0. The van der Waals surface area contributed by atoms with Crippen molar-refractivity contribution in [3.05, 3.63) is 56.2 Å². The number of fused-ring (bicyclic) bond motifs is 3. The van der Waals surface area contributed by atoms with Crippen LogP contribution in [0.1, 0.15) is 28.2 Å². The minimum atomic E-state index is -0.526. The van der Waals surface area contributed by atoms with Crippen LogP contribution in [0.5, 0.6) is 0 Å². The topological polar surface area (TPSA) is 93.1 Å². The van der Waals surface area contributed by atoms with Gasteiger partial charge in [0.25, 0.3) is 5.56 Å². The molecular formula is C23H22FN5O2S2. The highest BCUT2D eigenvalue weighted by atomic mass is 32.2. The highest BCUT2D eigenvalue weighted by Gasteiger charge is 2.24. The normalized spacial score (nSPS) is 15.6. The Hall–Kier alpha value is -2.90. The maximum absolute atomic E-state index is 13.9. The third kappa shape index (κ3) is 4.23. The van der Waals surface area contributed by atoms with Gasteiger partial charge in [-0.3, -0.25) is 9.59 Å². The number of aromatic nitrogens is 2. The summed E-state index contributed by atoms with van der Waals surface area (Å²) in [5.41, 5.74) is 1.70. The number of aromatic amines is 1. The summed E-state index contributed by atoms with van der Waals surface area (Å²) in [6.07, 6.45) is 3.08. The predicted octanol–water partition coefficient (Wildman–Crippen LogP) is 3.07. The van der Waals surface area contributed by atoms with Crippen molar-refractivity contribution in [3.63, 3.8) is 0 Å². The van der Waals surface area contributed by atoms with Gasteiger partial charge in [0, 0.05) is 31.1 Å². The summed E-state index contributed by atoms with van der Waals surface area (Å²) in [5.74, 6) is 0.866. The van der Waals surface area contributed by atoms with E-state index in [4.69, 9.17) is 0 Å². The first kappa shape index (κ1) is 21.9. The molecule has 0 spiro atoms. The monoisotopic (exact) mass is 483 g/mol. The van der Waals surface area contributed by atoms with Crippen molar-refractivity contribution in [1.29, 1.82) is 5.26 Å². The van der Waals surface area contributed by atoms with E-state index < -0.39 is 5.82 Å². The number of benzene rings is 1. The summed E-state index contributed by atoms with van der Waals surface area (Å²) in [6.45, 7) is 2.12. The third-order valence-electron chi connectivity index (χ3n) is 6.16. The van der Waals surface area contributed by atoms with Crippen LogP contribution in [0, 0.1) is 17.1 Å². The van der Waals surface area contributed by atoms with Crippen LogP contribution in [0.3, 0.4) is 0 Å². The Kier molecular flexibility index (Phi) is 6.08. The molecule has 1 aliphatic carbocycles. The van der Waals surface area contributed by atoms with Crippen molar-refractivity contribution in [1.82, 2.24) is 14.9 Å². The fourth-order valence-electron chi connectivity index (χ4n) is 4.53. The van der Waals surface area contributed by atoms with Gasteiger partial charge in [-0.2, -0.15) is 5.26 Å². The third-order valence-corrected chi connectivity index (χ3v) is 8.28. The molecule has 3 aromatic rings. The molecule has 0 bridgehead atoms. The number of thioether (sulfide) groups is 1. The van der Waals surface area contributed by atoms with E-state index in [1.165, 1.54) is 22.7 Å². The number of nitrogens with zero attached hydrogens (tertiary/aromatic N) is 4. The van der Waals surface area contributed by atoms with Crippen LogP contribution in [0.4, 0.5) is 10.1 Å². The summed E-state index contributed by atoms with van der Waals surface area (Å²) in [6, 6.07) is 6.55. The Morgan fingerprint density at radius 2 is 2.09 bits per heavy atom. The van der Waals surface area contributed by atoms with E-state index in [-0.39, 0.29) is 17.0 Å². The number of aryl methyl sites for hydroxylation is 2. The molecule has 1 saturated heterocycles. The van der Waals surface area contributed by atoms with Crippen LogP contribution in [-0.4, -0.2) is 52.7 Å². The summed E-state index contributed by atoms with van der Waals surface area (Å²) < 4.78 is 13.9. The Morgan fingerprint density at radius 3 is 2.88 bits per heavy atom. The lowest BCUT2D eigenvalue weighted by atomic mass is 10.1. The largest absolute Gasteiger partial charge is 0.367 e. The molecule has 5 rings (SSSR count). The average molecular weight is 484 g/mol. The molecule has 0 unspecified atom stereocenters. The fraction of sp³-hybridized carbons (Fsp3) is 0.391. The molecule has 2 aromatic heterocycles. The lowest BCUT2D eigenvalue weighted by Gasteiger charge is -2.36. The minimum absolute atomic E-state index is 0.0259. The van der Waals surface area contributed by atoms with Crippen LogP contribution in [0.25, 0.3) is 10.2 Å².